The minimum atomic E-state index is -1.51. The van der Waals surface area contributed by atoms with Gasteiger partial charge in [0.2, 0.25) is 0 Å². The highest BCUT2D eigenvalue weighted by atomic mass is 19.3. The average molecular weight is 549 g/mol. The molecule has 40 heavy (non-hydrogen) atoms. The van der Waals surface area contributed by atoms with E-state index in [1.165, 1.54) is 113 Å². The molecule has 2 aliphatic carbocycles. The maximum Gasteiger partial charge on any atom is 0.266 e. The summed E-state index contributed by atoms with van der Waals surface area (Å²) >= 11 is 0. The SMILES string of the molecule is Cc1c(C)c(C)c(-c2c(C)c(C)c(CCC3CCC(C4CCC(CC=C(F)F)CC4)CC3)c(C)c2C)c(C)c1C. The standard InChI is InChI=1S/C38H54F2/c1-22-23(2)27(6)37(28(7)24(22)3)38-29(8)25(4)35(26(5)30(38)9)20-14-31-10-16-33(17-11-31)34-18-12-32(13-19-34)15-21-36(39)40/h21,31-34H,10-20H2,1-9H3. The summed E-state index contributed by atoms with van der Waals surface area (Å²) in [5, 5.41) is 0. The lowest BCUT2D eigenvalue weighted by molar-refractivity contribution is 0.144. The summed E-state index contributed by atoms with van der Waals surface area (Å²) in [6.07, 6.45) is 13.0. The molecule has 2 fully saturated rings. The van der Waals surface area contributed by atoms with E-state index in [-0.39, 0.29) is 0 Å². The molecule has 0 amide bonds. The van der Waals surface area contributed by atoms with Crippen molar-refractivity contribution in [3.8, 4) is 11.1 Å². The predicted octanol–water partition coefficient (Wildman–Crippen LogP) is 11.8. The predicted molar refractivity (Wildman–Crippen MR) is 169 cm³/mol. The summed E-state index contributed by atoms with van der Waals surface area (Å²) in [5.74, 6) is 3.02. The molecule has 0 heterocycles. The smallest absolute Gasteiger partial charge is 0.174 e. The van der Waals surface area contributed by atoms with Gasteiger partial charge in [-0.1, -0.05) is 12.8 Å². The van der Waals surface area contributed by atoms with Crippen LogP contribution in [0.25, 0.3) is 11.1 Å². The highest BCUT2D eigenvalue weighted by Crippen LogP contribution is 2.44. The molecular formula is C38H54F2. The number of hydrogen-bond acceptors (Lipinski definition) is 0. The van der Waals surface area contributed by atoms with Crippen LogP contribution in [-0.4, -0.2) is 0 Å². The zero-order valence-corrected chi connectivity index (χ0v) is 26.9. The third-order valence-corrected chi connectivity index (χ3v) is 11.9. The van der Waals surface area contributed by atoms with Crippen molar-refractivity contribution in [2.75, 3.05) is 0 Å². The lowest BCUT2D eigenvalue weighted by Crippen LogP contribution is -2.26. The minimum Gasteiger partial charge on any atom is -0.174 e. The van der Waals surface area contributed by atoms with Crippen LogP contribution in [0, 0.1) is 86.0 Å². The first-order valence-electron chi connectivity index (χ1n) is 16.1. The number of hydrogen-bond donors (Lipinski definition) is 0. The third kappa shape index (κ3) is 6.27. The maximum absolute atomic E-state index is 12.5. The van der Waals surface area contributed by atoms with Gasteiger partial charge in [0.25, 0.3) is 6.08 Å². The van der Waals surface area contributed by atoms with Crippen molar-refractivity contribution in [3.63, 3.8) is 0 Å². The maximum atomic E-state index is 12.5. The summed E-state index contributed by atoms with van der Waals surface area (Å²) < 4.78 is 24.9. The molecular weight excluding hydrogens is 494 g/mol. The molecule has 2 aromatic carbocycles. The van der Waals surface area contributed by atoms with Crippen LogP contribution in [0.4, 0.5) is 8.78 Å². The Bertz CT molecular complexity index is 1190. The zero-order chi connectivity index (χ0) is 29.3. The second kappa shape index (κ2) is 12.9. The van der Waals surface area contributed by atoms with E-state index in [0.29, 0.717) is 12.3 Å². The van der Waals surface area contributed by atoms with Gasteiger partial charge in [-0.15, -0.1) is 0 Å². The van der Waals surface area contributed by atoms with Crippen LogP contribution in [-0.2, 0) is 6.42 Å². The van der Waals surface area contributed by atoms with E-state index < -0.39 is 6.08 Å². The van der Waals surface area contributed by atoms with Crippen LogP contribution in [0.2, 0.25) is 0 Å². The van der Waals surface area contributed by atoms with E-state index in [9.17, 15) is 8.78 Å². The summed E-state index contributed by atoms with van der Waals surface area (Å²) in [6.45, 7) is 20.9. The number of allylic oxidation sites excluding steroid dienone is 1. The van der Waals surface area contributed by atoms with Gasteiger partial charge in [0, 0.05) is 0 Å². The highest BCUT2D eigenvalue weighted by molar-refractivity contribution is 5.81. The zero-order valence-electron chi connectivity index (χ0n) is 26.9. The van der Waals surface area contributed by atoms with Crippen LogP contribution >= 0.6 is 0 Å². The molecule has 0 saturated heterocycles. The van der Waals surface area contributed by atoms with Crippen LogP contribution in [0.5, 0.6) is 0 Å². The largest absolute Gasteiger partial charge is 0.266 e. The fraction of sp³-hybridized carbons (Fsp3) is 0.632. The highest BCUT2D eigenvalue weighted by Gasteiger charge is 2.31. The van der Waals surface area contributed by atoms with Crippen LogP contribution in [0.15, 0.2) is 12.2 Å². The van der Waals surface area contributed by atoms with Gasteiger partial charge in [-0.25, -0.2) is 0 Å². The molecule has 0 aliphatic heterocycles. The van der Waals surface area contributed by atoms with Gasteiger partial charge in [0.15, 0.2) is 0 Å². The lowest BCUT2D eigenvalue weighted by Gasteiger charge is -2.38. The summed E-state index contributed by atoms with van der Waals surface area (Å²) in [5.41, 5.74) is 17.6. The second-order valence-corrected chi connectivity index (χ2v) is 13.7. The molecule has 0 spiro atoms. The fourth-order valence-electron chi connectivity index (χ4n) is 8.46. The number of halogens is 2. The molecule has 0 aromatic heterocycles. The van der Waals surface area contributed by atoms with Gasteiger partial charge in [0.05, 0.1) is 0 Å². The Morgan fingerprint density at radius 2 is 0.900 bits per heavy atom. The molecule has 0 N–H and O–H groups in total. The average Bonchev–Trinajstić information content (AvgIpc) is 2.95. The Morgan fingerprint density at radius 3 is 1.32 bits per heavy atom. The van der Waals surface area contributed by atoms with E-state index in [0.717, 1.165) is 36.7 Å². The lowest BCUT2D eigenvalue weighted by atomic mass is 9.68. The molecule has 0 radical (unpaired) electrons. The van der Waals surface area contributed by atoms with E-state index in [1.54, 1.807) is 5.56 Å². The van der Waals surface area contributed by atoms with Gasteiger partial charge < -0.3 is 0 Å². The molecule has 2 heteroatoms. The van der Waals surface area contributed by atoms with Crippen molar-refractivity contribution in [2.45, 2.75) is 133 Å². The molecule has 4 rings (SSSR count). The van der Waals surface area contributed by atoms with Crippen LogP contribution in [0.1, 0.15) is 120 Å². The Kier molecular flexibility index (Phi) is 10.0. The summed E-state index contributed by atoms with van der Waals surface area (Å²) in [7, 11) is 0. The van der Waals surface area contributed by atoms with Crippen molar-refractivity contribution in [2.24, 2.45) is 23.7 Å². The molecule has 2 aromatic rings. The summed E-state index contributed by atoms with van der Waals surface area (Å²) in [6, 6.07) is 0. The van der Waals surface area contributed by atoms with Gasteiger partial charge in [0.1, 0.15) is 0 Å². The van der Waals surface area contributed by atoms with Crippen molar-refractivity contribution in [3.05, 3.63) is 67.8 Å². The van der Waals surface area contributed by atoms with Crippen molar-refractivity contribution >= 4 is 0 Å². The first-order valence-corrected chi connectivity index (χ1v) is 16.1. The monoisotopic (exact) mass is 548 g/mol. The molecule has 2 saturated carbocycles. The molecule has 0 unspecified atom stereocenters. The molecule has 0 nitrogen and oxygen atoms in total. The first kappa shape index (κ1) is 31.0. The fourth-order valence-corrected chi connectivity index (χ4v) is 8.46. The summed E-state index contributed by atoms with van der Waals surface area (Å²) in [4.78, 5) is 0. The van der Waals surface area contributed by atoms with Crippen molar-refractivity contribution in [1.82, 2.24) is 0 Å². The van der Waals surface area contributed by atoms with Crippen LogP contribution < -0.4 is 0 Å². The number of benzene rings is 2. The van der Waals surface area contributed by atoms with E-state index in [4.69, 9.17) is 0 Å². The Balaban J connectivity index is 1.41. The Hall–Kier alpha value is -1.96. The molecule has 0 bridgehead atoms. The van der Waals surface area contributed by atoms with Gasteiger partial charge in [-0.2, -0.15) is 8.78 Å². The third-order valence-electron chi connectivity index (χ3n) is 11.9. The van der Waals surface area contributed by atoms with Crippen LogP contribution in [0.3, 0.4) is 0 Å². The Morgan fingerprint density at radius 1 is 0.525 bits per heavy atom. The number of rotatable bonds is 7. The normalized spacial score (nSPS) is 23.4. The topological polar surface area (TPSA) is 0 Å². The first-order chi connectivity index (χ1) is 18.9. The van der Waals surface area contributed by atoms with E-state index in [1.807, 2.05) is 0 Å². The molecule has 220 valence electrons. The van der Waals surface area contributed by atoms with Gasteiger partial charge in [-0.3, -0.25) is 0 Å². The van der Waals surface area contributed by atoms with E-state index >= 15 is 0 Å². The molecule has 2 aliphatic rings. The second-order valence-electron chi connectivity index (χ2n) is 13.7. The quantitative estimate of drug-likeness (QED) is 0.323. The van der Waals surface area contributed by atoms with Crippen molar-refractivity contribution < 1.29 is 8.78 Å². The van der Waals surface area contributed by atoms with Crippen molar-refractivity contribution in [1.29, 1.82) is 0 Å². The van der Waals surface area contributed by atoms with Gasteiger partial charge >= 0.3 is 0 Å². The van der Waals surface area contributed by atoms with Gasteiger partial charge in [-0.05, 0) is 217 Å². The molecule has 0 atom stereocenters. The minimum absolute atomic E-state index is 0.478. The van der Waals surface area contributed by atoms with E-state index in [2.05, 4.69) is 62.3 Å². The Labute approximate surface area is 244 Å².